The maximum Gasteiger partial charge on any atom is 0.234 e. The van der Waals surface area contributed by atoms with E-state index in [1.165, 1.54) is 0 Å². The molecule has 0 saturated heterocycles. The Morgan fingerprint density at radius 3 is 2.88 bits per heavy atom. The van der Waals surface area contributed by atoms with E-state index in [1.54, 1.807) is 23.1 Å². The van der Waals surface area contributed by atoms with Crippen molar-refractivity contribution in [2.24, 2.45) is 5.73 Å². The molecular weight excluding hydrogens is 256 g/mol. The number of hydrogen-bond donors (Lipinski definition) is 2. The number of nitrogens with one attached hydrogen (secondary N) is 1. The van der Waals surface area contributed by atoms with Crippen molar-refractivity contribution in [2.45, 2.75) is 37.1 Å². The summed E-state index contributed by atoms with van der Waals surface area (Å²) in [6.45, 7) is 4.80. The summed E-state index contributed by atoms with van der Waals surface area (Å²) in [5, 5.41) is 12.1. The second kappa shape index (κ2) is 7.62. The largest absolute Gasteiger partial charge is 0.368 e. The van der Waals surface area contributed by atoms with Crippen LogP contribution in [0.15, 0.2) is 4.34 Å². The Labute approximate surface area is 110 Å². The first-order valence-corrected chi connectivity index (χ1v) is 7.39. The van der Waals surface area contributed by atoms with E-state index in [4.69, 9.17) is 5.73 Å². The Morgan fingerprint density at radius 2 is 2.35 bits per heavy atom. The molecular formula is C10H18N4OS2. The molecule has 0 aliphatic heterocycles. The van der Waals surface area contributed by atoms with Crippen LogP contribution in [0.4, 0.5) is 0 Å². The highest BCUT2D eigenvalue weighted by Crippen LogP contribution is 2.22. The zero-order chi connectivity index (χ0) is 12.7. The highest BCUT2D eigenvalue weighted by atomic mass is 32.2. The maximum atomic E-state index is 11.2. The molecule has 1 amide bonds. The lowest BCUT2D eigenvalue weighted by Gasteiger charge is -2.13. The number of amides is 1. The molecule has 17 heavy (non-hydrogen) atoms. The molecule has 5 nitrogen and oxygen atoms in total. The number of carbonyl (C=O) groups excluding carboxylic acids is 1. The summed E-state index contributed by atoms with van der Waals surface area (Å²) in [5.41, 5.74) is 5.32. The van der Waals surface area contributed by atoms with E-state index in [2.05, 4.69) is 22.4 Å². The van der Waals surface area contributed by atoms with Crippen LogP contribution in [0.1, 0.15) is 24.8 Å². The van der Waals surface area contributed by atoms with Gasteiger partial charge in [0.25, 0.3) is 0 Å². The summed E-state index contributed by atoms with van der Waals surface area (Å²) in [5.74, 6) is 0.534. The summed E-state index contributed by atoms with van der Waals surface area (Å²) in [4.78, 5) is 11.2. The van der Waals surface area contributed by atoms with Crippen LogP contribution < -0.4 is 11.1 Å². The second-order valence-corrected chi connectivity index (χ2v) is 6.16. The number of nitrogens with zero attached hydrogens (tertiary/aromatic N) is 2. The molecule has 0 bridgehead atoms. The Hall–Kier alpha value is -0.660. The van der Waals surface area contributed by atoms with Crippen LogP contribution in [-0.2, 0) is 4.79 Å². The van der Waals surface area contributed by atoms with E-state index in [0.29, 0.717) is 0 Å². The van der Waals surface area contributed by atoms with Gasteiger partial charge in [-0.1, -0.05) is 30.0 Å². The molecule has 1 unspecified atom stereocenters. The van der Waals surface area contributed by atoms with E-state index in [0.717, 1.165) is 34.5 Å². The fraction of sp³-hybridized carbons (Fsp3) is 0.700. The minimum Gasteiger partial charge on any atom is -0.368 e. The summed E-state index contributed by atoms with van der Waals surface area (Å²) in [6, 6.07) is -0.239. The van der Waals surface area contributed by atoms with Crippen LogP contribution in [0.3, 0.4) is 0 Å². The quantitative estimate of drug-likeness (QED) is 0.696. The lowest BCUT2D eigenvalue weighted by molar-refractivity contribution is -0.120. The maximum absolute atomic E-state index is 11.2. The van der Waals surface area contributed by atoms with Crippen molar-refractivity contribution in [3.8, 4) is 0 Å². The molecule has 1 rings (SSSR count). The highest BCUT2D eigenvalue weighted by Gasteiger charge is 2.14. The van der Waals surface area contributed by atoms with Crippen molar-refractivity contribution >= 4 is 29.0 Å². The van der Waals surface area contributed by atoms with E-state index < -0.39 is 0 Å². The van der Waals surface area contributed by atoms with Crippen LogP contribution in [-0.4, -0.2) is 34.4 Å². The topological polar surface area (TPSA) is 80.9 Å². The molecule has 0 spiro atoms. The predicted molar refractivity (Wildman–Crippen MR) is 71.3 cm³/mol. The molecule has 1 aromatic heterocycles. The van der Waals surface area contributed by atoms with Gasteiger partial charge in [-0.05, 0) is 26.3 Å². The lowest BCUT2D eigenvalue weighted by Crippen LogP contribution is -2.41. The molecule has 96 valence electrons. The van der Waals surface area contributed by atoms with Gasteiger partial charge in [-0.3, -0.25) is 4.79 Å². The number of nitrogens with two attached hydrogens (primary N) is 1. The number of aryl methyl sites for hydroxylation is 1. The van der Waals surface area contributed by atoms with Gasteiger partial charge < -0.3 is 11.1 Å². The molecule has 0 saturated carbocycles. The Kier molecular flexibility index (Phi) is 6.46. The molecule has 1 atom stereocenters. The molecule has 1 heterocycles. The molecule has 0 aromatic carbocycles. The third-order valence-electron chi connectivity index (χ3n) is 2.12. The van der Waals surface area contributed by atoms with Crippen molar-refractivity contribution < 1.29 is 4.79 Å². The zero-order valence-corrected chi connectivity index (χ0v) is 11.7. The van der Waals surface area contributed by atoms with Gasteiger partial charge in [0.05, 0.1) is 6.04 Å². The number of thioether (sulfide) groups is 1. The summed E-state index contributed by atoms with van der Waals surface area (Å²) in [6.07, 6.45) is 1.71. The normalized spacial score (nSPS) is 12.6. The Morgan fingerprint density at radius 1 is 1.59 bits per heavy atom. The van der Waals surface area contributed by atoms with Crippen LogP contribution in [0, 0.1) is 6.92 Å². The van der Waals surface area contributed by atoms with Gasteiger partial charge in [0.15, 0.2) is 4.34 Å². The molecule has 0 fully saturated rings. The molecule has 0 aliphatic rings. The standard InChI is InChI=1S/C10H18N4OS2/c1-3-5-12-8(9(11)15)4-6-16-10-14-13-7(2)17-10/h8,12H,3-6H2,1-2H3,(H2,11,15). The van der Waals surface area contributed by atoms with Crippen molar-refractivity contribution in [2.75, 3.05) is 12.3 Å². The molecule has 1 aromatic rings. The van der Waals surface area contributed by atoms with Gasteiger partial charge in [0.2, 0.25) is 5.91 Å². The number of primary amides is 1. The van der Waals surface area contributed by atoms with Gasteiger partial charge in [-0.25, -0.2) is 0 Å². The number of aromatic nitrogens is 2. The average molecular weight is 274 g/mol. The number of hydrogen-bond acceptors (Lipinski definition) is 6. The van der Waals surface area contributed by atoms with Gasteiger partial charge in [0, 0.05) is 5.75 Å². The average Bonchev–Trinajstić information content (AvgIpc) is 2.68. The van der Waals surface area contributed by atoms with Crippen molar-refractivity contribution in [3.63, 3.8) is 0 Å². The second-order valence-electron chi connectivity index (χ2n) is 3.63. The SMILES string of the molecule is CCCNC(CCSc1nnc(C)s1)C(N)=O. The third-order valence-corrected chi connectivity index (χ3v) is 4.13. The molecule has 7 heteroatoms. The molecule has 0 radical (unpaired) electrons. The fourth-order valence-corrected chi connectivity index (χ4v) is 3.15. The van der Waals surface area contributed by atoms with Crippen LogP contribution in [0.2, 0.25) is 0 Å². The first-order chi connectivity index (χ1) is 8.13. The first kappa shape index (κ1) is 14.4. The monoisotopic (exact) mass is 274 g/mol. The van der Waals surface area contributed by atoms with E-state index in [-0.39, 0.29) is 11.9 Å². The minimum absolute atomic E-state index is 0.239. The van der Waals surface area contributed by atoms with Crippen molar-refractivity contribution in [1.82, 2.24) is 15.5 Å². The van der Waals surface area contributed by atoms with Gasteiger partial charge in [-0.2, -0.15) is 0 Å². The van der Waals surface area contributed by atoms with Crippen LogP contribution in [0.25, 0.3) is 0 Å². The minimum atomic E-state index is -0.285. The van der Waals surface area contributed by atoms with Gasteiger partial charge >= 0.3 is 0 Å². The summed E-state index contributed by atoms with van der Waals surface area (Å²) >= 11 is 3.19. The lowest BCUT2D eigenvalue weighted by atomic mass is 10.2. The predicted octanol–water partition coefficient (Wildman–Crippen LogP) is 1.18. The first-order valence-electron chi connectivity index (χ1n) is 5.59. The van der Waals surface area contributed by atoms with Gasteiger partial charge in [0.1, 0.15) is 5.01 Å². The highest BCUT2D eigenvalue weighted by molar-refractivity contribution is 8.01. The van der Waals surface area contributed by atoms with E-state index in [1.807, 2.05) is 6.92 Å². The zero-order valence-electron chi connectivity index (χ0n) is 10.1. The van der Waals surface area contributed by atoms with E-state index >= 15 is 0 Å². The number of rotatable bonds is 8. The van der Waals surface area contributed by atoms with Crippen molar-refractivity contribution in [1.29, 1.82) is 0 Å². The van der Waals surface area contributed by atoms with Crippen LogP contribution in [0.5, 0.6) is 0 Å². The smallest absolute Gasteiger partial charge is 0.234 e. The number of carbonyl (C=O) groups is 1. The fourth-order valence-electron chi connectivity index (χ4n) is 1.26. The summed E-state index contributed by atoms with van der Waals surface area (Å²) in [7, 11) is 0. The van der Waals surface area contributed by atoms with Crippen molar-refractivity contribution in [3.05, 3.63) is 5.01 Å². The Bertz CT molecular complexity index is 356. The summed E-state index contributed by atoms with van der Waals surface area (Å²) < 4.78 is 0.946. The third kappa shape index (κ3) is 5.47. The van der Waals surface area contributed by atoms with Gasteiger partial charge in [-0.15, -0.1) is 10.2 Å². The molecule has 3 N–H and O–H groups in total. The molecule has 0 aliphatic carbocycles. The van der Waals surface area contributed by atoms with E-state index in [9.17, 15) is 4.79 Å². The Balaban J connectivity index is 2.29. The van der Waals surface area contributed by atoms with Crippen LogP contribution >= 0.6 is 23.1 Å².